The van der Waals surface area contributed by atoms with E-state index in [1.54, 1.807) is 6.07 Å². The summed E-state index contributed by atoms with van der Waals surface area (Å²) in [5.74, 6) is 0.557. The lowest BCUT2D eigenvalue weighted by atomic mass is 10.0. The molecule has 6 aromatic carbocycles. The molecule has 1 aliphatic heterocycles. The number of rotatable bonds is 24. The lowest BCUT2D eigenvalue weighted by Gasteiger charge is -2.40. The molecule has 3 amide bonds. The molecule has 0 aliphatic carbocycles. The molecule has 79 heavy (non-hydrogen) atoms. The molecule has 7 aromatic rings. The van der Waals surface area contributed by atoms with E-state index in [1.807, 2.05) is 121 Å². The van der Waals surface area contributed by atoms with Crippen molar-refractivity contribution in [3.8, 4) is 16.9 Å². The topological polar surface area (TPSA) is 163 Å². The number of ether oxygens (including phenoxy) is 2. The number of nitrogens with one attached hydrogen (secondary N) is 5. The summed E-state index contributed by atoms with van der Waals surface area (Å²) in [6, 6.07) is 51.6. The zero-order valence-electron chi connectivity index (χ0n) is 46.7. The van der Waals surface area contributed by atoms with E-state index in [9.17, 15) is 19.2 Å². The monoisotopic (exact) mass is 1080 g/mol. The zero-order valence-corrected chi connectivity index (χ0v) is 47.7. The molecule has 0 unspecified atom stereocenters. The first-order chi connectivity index (χ1) is 38.0. The van der Waals surface area contributed by atoms with E-state index in [0.29, 0.717) is 75.4 Å². The number of nitrogens with zero attached hydrogens (tertiary/aromatic N) is 1. The number of anilines is 1. The second-order valence-corrected chi connectivity index (χ2v) is 27.1. The number of likely N-dealkylation sites (tertiary alicyclic amines) is 1. The Labute approximate surface area is 467 Å². The Morgan fingerprint density at radius 3 is 2.16 bits per heavy atom. The lowest BCUT2D eigenvalue weighted by Crippen LogP contribution is -2.44. The first kappa shape index (κ1) is 57.8. The summed E-state index contributed by atoms with van der Waals surface area (Å²) < 4.78 is 19.2. The molecule has 8 rings (SSSR count). The SMILES string of the molecule is C[C@H](Cc1cccc(CCNC(=O)Cc2ccc(CNC(=O)CCN3CCC(OC(=O)Nc4ccccc4-c4ccccc4)CC3)cc2)c1)NC[C@H](O[Si](C)(C)C(C)(C)C)c1ccc(OCc2ccccc2)c2[nH]c(=O)ccc12. The van der Waals surface area contributed by atoms with Crippen molar-refractivity contribution < 1.29 is 28.3 Å². The molecule has 2 heterocycles. The van der Waals surface area contributed by atoms with E-state index in [1.165, 1.54) is 5.56 Å². The summed E-state index contributed by atoms with van der Waals surface area (Å²) in [5.41, 5.74) is 9.41. The summed E-state index contributed by atoms with van der Waals surface area (Å²) in [7, 11) is -2.25. The van der Waals surface area contributed by atoms with Crippen molar-refractivity contribution in [2.24, 2.45) is 0 Å². The number of aromatic nitrogens is 1. The smallest absolute Gasteiger partial charge is 0.411 e. The van der Waals surface area contributed by atoms with Crippen LogP contribution in [0.1, 0.15) is 86.4 Å². The molecule has 1 saturated heterocycles. The molecule has 0 saturated carbocycles. The van der Waals surface area contributed by atoms with Crippen LogP contribution in [0.3, 0.4) is 0 Å². The van der Waals surface area contributed by atoms with Gasteiger partial charge in [-0.1, -0.05) is 154 Å². The number of hydrogen-bond donors (Lipinski definition) is 5. The maximum atomic E-state index is 13.0. The molecule has 14 heteroatoms. The Bertz CT molecular complexity index is 3170. The highest BCUT2D eigenvalue weighted by Gasteiger charge is 2.40. The summed E-state index contributed by atoms with van der Waals surface area (Å²) in [4.78, 5) is 56.7. The summed E-state index contributed by atoms with van der Waals surface area (Å²) in [5, 5.41) is 13.7. The molecule has 2 atom stereocenters. The third kappa shape index (κ3) is 17.1. The second kappa shape index (κ2) is 27.5. The lowest BCUT2D eigenvalue weighted by molar-refractivity contribution is -0.122. The number of para-hydroxylation sites is 1. The van der Waals surface area contributed by atoms with Gasteiger partial charge in [-0.3, -0.25) is 19.7 Å². The van der Waals surface area contributed by atoms with E-state index < -0.39 is 14.4 Å². The molecule has 1 aromatic heterocycles. The Morgan fingerprint density at radius 2 is 1.42 bits per heavy atom. The van der Waals surface area contributed by atoms with Gasteiger partial charge in [-0.05, 0) is 108 Å². The maximum Gasteiger partial charge on any atom is 0.411 e. The van der Waals surface area contributed by atoms with Crippen LogP contribution in [0.2, 0.25) is 18.1 Å². The van der Waals surface area contributed by atoms with Crippen LogP contribution in [0, 0.1) is 0 Å². The fraction of sp³-hybridized carbons (Fsp3) is 0.354. The fourth-order valence-corrected chi connectivity index (χ4v) is 11.0. The van der Waals surface area contributed by atoms with Crippen LogP contribution in [0.4, 0.5) is 10.5 Å². The van der Waals surface area contributed by atoms with Crippen LogP contribution in [0.25, 0.3) is 22.0 Å². The van der Waals surface area contributed by atoms with Gasteiger partial charge in [0.25, 0.3) is 0 Å². The third-order valence-corrected chi connectivity index (χ3v) is 19.7. The van der Waals surface area contributed by atoms with Gasteiger partial charge < -0.3 is 39.7 Å². The summed E-state index contributed by atoms with van der Waals surface area (Å²) in [6.07, 6.45) is 2.66. The minimum Gasteiger partial charge on any atom is -0.487 e. The highest BCUT2D eigenvalue weighted by Crippen LogP contribution is 2.41. The molecule has 414 valence electrons. The number of benzene rings is 6. The Kier molecular flexibility index (Phi) is 20.1. The number of amides is 3. The first-order valence-corrected chi connectivity index (χ1v) is 30.7. The number of hydrogen-bond acceptors (Lipinski definition) is 9. The number of aromatic amines is 1. The molecule has 1 fully saturated rings. The zero-order chi connectivity index (χ0) is 55.8. The predicted octanol–water partition coefficient (Wildman–Crippen LogP) is 11.7. The molecular weight excluding hydrogens is 1000 g/mol. The number of pyridine rings is 1. The number of fused-ring (bicyclic) bond motifs is 1. The van der Waals surface area contributed by atoms with Crippen LogP contribution in [0.15, 0.2) is 163 Å². The van der Waals surface area contributed by atoms with Gasteiger partial charge in [-0.25, -0.2) is 4.79 Å². The average molecular weight is 1080 g/mol. The molecule has 1 aliphatic rings. The van der Waals surface area contributed by atoms with Crippen molar-refractivity contribution in [3.63, 3.8) is 0 Å². The van der Waals surface area contributed by atoms with Gasteiger partial charge in [0.05, 0.1) is 23.7 Å². The van der Waals surface area contributed by atoms with Gasteiger partial charge >= 0.3 is 6.09 Å². The molecule has 13 nitrogen and oxygen atoms in total. The molecular formula is C65H78N6O7Si. The standard InChI is InChI=1S/C65H78N6O7Si/c1-46(67-44-59(78-79(5,6)65(2,3)4)55-28-30-58(63-56(55)29-31-61(73)70-63)76-45-50-16-9-7-10-17-50)40-51-19-15-18-47(41-51)32-36-66-62(74)42-48-24-26-49(27-25-48)43-68-60(72)35-39-71-37-33-53(34-38-71)77-64(75)69-57-23-14-13-22-54(57)52-20-11-8-12-21-52/h7-31,41,46,53,59,67H,32-40,42-45H2,1-6H3,(H,66,74)(H,68,72)(H,69,75)(H,70,73)/t46-,59+/m1/s1. The molecule has 0 spiro atoms. The van der Waals surface area contributed by atoms with Crippen molar-refractivity contribution in [2.75, 3.05) is 38.0 Å². The molecule has 0 bridgehead atoms. The fourth-order valence-electron chi connectivity index (χ4n) is 9.70. The van der Waals surface area contributed by atoms with Crippen LogP contribution in [-0.2, 0) is 51.2 Å². The second-order valence-electron chi connectivity index (χ2n) is 22.3. The third-order valence-electron chi connectivity index (χ3n) is 15.2. The van der Waals surface area contributed by atoms with Crippen LogP contribution in [-0.4, -0.2) is 81.0 Å². The minimum atomic E-state index is -2.25. The first-order valence-electron chi connectivity index (χ1n) is 27.8. The molecule has 5 N–H and O–H groups in total. The summed E-state index contributed by atoms with van der Waals surface area (Å²) in [6.45, 7) is 17.5. The van der Waals surface area contributed by atoms with Crippen molar-refractivity contribution in [2.45, 2.75) is 116 Å². The van der Waals surface area contributed by atoms with E-state index in [0.717, 1.165) is 63.8 Å². The highest BCUT2D eigenvalue weighted by atomic mass is 28.4. The van der Waals surface area contributed by atoms with Gasteiger partial charge in [0.15, 0.2) is 8.32 Å². The average Bonchev–Trinajstić information content (AvgIpc) is 3.52. The van der Waals surface area contributed by atoms with E-state index >= 15 is 0 Å². The normalized spacial score (nSPS) is 14.1. The highest BCUT2D eigenvalue weighted by molar-refractivity contribution is 6.74. The van der Waals surface area contributed by atoms with E-state index in [2.05, 4.69) is 102 Å². The number of piperidine rings is 1. The predicted molar refractivity (Wildman–Crippen MR) is 319 cm³/mol. The summed E-state index contributed by atoms with van der Waals surface area (Å²) >= 11 is 0. The minimum absolute atomic E-state index is 0.0175. The van der Waals surface area contributed by atoms with Crippen molar-refractivity contribution in [1.29, 1.82) is 0 Å². The van der Waals surface area contributed by atoms with Gasteiger partial charge in [-0.15, -0.1) is 0 Å². The van der Waals surface area contributed by atoms with Gasteiger partial charge in [0.1, 0.15) is 18.5 Å². The van der Waals surface area contributed by atoms with Crippen molar-refractivity contribution in [1.82, 2.24) is 25.8 Å². The van der Waals surface area contributed by atoms with Crippen LogP contribution < -0.4 is 31.6 Å². The number of H-pyrrole nitrogens is 1. The Morgan fingerprint density at radius 1 is 0.734 bits per heavy atom. The van der Waals surface area contributed by atoms with Crippen LogP contribution >= 0.6 is 0 Å². The number of carbonyl (C=O) groups is 3. The van der Waals surface area contributed by atoms with Gasteiger partial charge in [-0.2, -0.15) is 0 Å². The Balaban J connectivity index is 0.738. The van der Waals surface area contributed by atoms with Crippen LogP contribution in [0.5, 0.6) is 5.75 Å². The van der Waals surface area contributed by atoms with Crippen molar-refractivity contribution in [3.05, 3.63) is 201 Å². The van der Waals surface area contributed by atoms with Gasteiger partial charge in [0.2, 0.25) is 17.4 Å². The molecule has 0 radical (unpaired) electrons. The maximum absolute atomic E-state index is 13.0. The van der Waals surface area contributed by atoms with Gasteiger partial charge in [0, 0.05) is 68.7 Å². The number of carbonyl (C=O) groups excluding carboxylic acids is 3. The van der Waals surface area contributed by atoms with Crippen molar-refractivity contribution >= 4 is 42.8 Å². The largest absolute Gasteiger partial charge is 0.487 e. The van der Waals surface area contributed by atoms with E-state index in [-0.39, 0.29) is 47.1 Å². The Hall–Kier alpha value is -7.36. The van der Waals surface area contributed by atoms with E-state index in [4.69, 9.17) is 13.9 Å². The quantitative estimate of drug-likeness (QED) is 0.0371.